The molecule has 0 spiro atoms. The van der Waals surface area contributed by atoms with Gasteiger partial charge in [0.05, 0.1) is 6.21 Å². The number of hydrogen-bond acceptors (Lipinski definition) is 3. The van der Waals surface area contributed by atoms with E-state index in [9.17, 15) is 9.18 Å². The van der Waals surface area contributed by atoms with Crippen molar-refractivity contribution >= 4 is 12.1 Å². The largest absolute Gasteiger partial charge is 0.386 e. The Balaban J connectivity index is 1.72. The smallest absolute Gasteiger partial charge is 0.263 e. The Kier molecular flexibility index (Phi) is 5.09. The van der Waals surface area contributed by atoms with Crippen LogP contribution < -0.4 is 0 Å². The third kappa shape index (κ3) is 4.33. The molecule has 0 bridgehead atoms. The van der Waals surface area contributed by atoms with Crippen LogP contribution in [0.1, 0.15) is 25.3 Å². The van der Waals surface area contributed by atoms with Gasteiger partial charge in [0.15, 0.2) is 6.61 Å². The van der Waals surface area contributed by atoms with Gasteiger partial charge in [-0.3, -0.25) is 4.79 Å². The first-order valence-electron chi connectivity index (χ1n) is 6.84. The van der Waals surface area contributed by atoms with Crippen molar-refractivity contribution in [2.75, 3.05) is 19.7 Å². The summed E-state index contributed by atoms with van der Waals surface area (Å²) < 4.78 is 12.7. The third-order valence-corrected chi connectivity index (χ3v) is 3.47. The lowest BCUT2D eigenvalue weighted by Crippen LogP contribution is -2.39. The Labute approximate surface area is 118 Å². The molecule has 1 aliphatic rings. The molecule has 0 saturated carbocycles. The van der Waals surface area contributed by atoms with Gasteiger partial charge in [0.1, 0.15) is 5.82 Å². The molecule has 1 saturated heterocycles. The van der Waals surface area contributed by atoms with Crippen LogP contribution in [0.2, 0.25) is 0 Å². The molecule has 0 unspecified atom stereocenters. The second-order valence-electron chi connectivity index (χ2n) is 5.12. The molecular weight excluding hydrogens is 259 g/mol. The number of benzene rings is 1. The fraction of sp³-hybridized carbons (Fsp3) is 0.467. The maximum Gasteiger partial charge on any atom is 0.263 e. The van der Waals surface area contributed by atoms with E-state index in [2.05, 4.69) is 12.1 Å². The Bertz CT molecular complexity index is 465. The molecule has 108 valence electrons. The summed E-state index contributed by atoms with van der Waals surface area (Å²) >= 11 is 0. The van der Waals surface area contributed by atoms with E-state index < -0.39 is 0 Å². The third-order valence-electron chi connectivity index (χ3n) is 3.47. The number of piperidine rings is 1. The van der Waals surface area contributed by atoms with Crippen molar-refractivity contribution in [3.05, 3.63) is 35.6 Å². The predicted molar refractivity (Wildman–Crippen MR) is 74.9 cm³/mol. The zero-order valence-electron chi connectivity index (χ0n) is 11.6. The lowest BCUT2D eigenvalue weighted by atomic mass is 9.99. The molecule has 5 heteroatoms. The first-order chi connectivity index (χ1) is 9.65. The predicted octanol–water partition coefficient (Wildman–Crippen LogP) is 2.43. The van der Waals surface area contributed by atoms with Crippen LogP contribution in [0, 0.1) is 11.7 Å². The van der Waals surface area contributed by atoms with Crippen LogP contribution in [-0.2, 0) is 9.63 Å². The number of rotatable bonds is 4. The Morgan fingerprint density at radius 2 is 2.05 bits per heavy atom. The summed E-state index contributed by atoms with van der Waals surface area (Å²) in [6, 6.07) is 5.88. The van der Waals surface area contributed by atoms with E-state index in [1.54, 1.807) is 12.1 Å². The number of oxime groups is 1. The average Bonchev–Trinajstić information content (AvgIpc) is 2.46. The standard InChI is InChI=1S/C15H19FN2O2/c1-12-6-8-18(9-7-12)15(19)11-20-17-10-13-2-4-14(16)5-3-13/h2-5,10,12H,6-9,11H2,1H3/b17-10+. The van der Waals surface area contributed by atoms with Gasteiger partial charge in [-0.1, -0.05) is 24.2 Å². The summed E-state index contributed by atoms with van der Waals surface area (Å²) in [6.07, 6.45) is 3.56. The molecule has 1 aromatic rings. The molecule has 2 rings (SSSR count). The van der Waals surface area contributed by atoms with E-state index in [4.69, 9.17) is 4.84 Å². The van der Waals surface area contributed by atoms with Crippen LogP contribution in [0.15, 0.2) is 29.4 Å². The minimum Gasteiger partial charge on any atom is -0.386 e. The zero-order chi connectivity index (χ0) is 14.4. The van der Waals surface area contributed by atoms with Crippen LogP contribution in [-0.4, -0.2) is 36.7 Å². The van der Waals surface area contributed by atoms with Gasteiger partial charge in [0.25, 0.3) is 5.91 Å². The van der Waals surface area contributed by atoms with E-state index in [1.165, 1.54) is 18.3 Å². The van der Waals surface area contributed by atoms with Crippen molar-refractivity contribution in [3.63, 3.8) is 0 Å². The minimum atomic E-state index is -0.294. The van der Waals surface area contributed by atoms with Gasteiger partial charge in [-0.2, -0.15) is 0 Å². The van der Waals surface area contributed by atoms with E-state index >= 15 is 0 Å². The topological polar surface area (TPSA) is 41.9 Å². The summed E-state index contributed by atoms with van der Waals surface area (Å²) in [7, 11) is 0. The lowest BCUT2D eigenvalue weighted by Gasteiger charge is -2.29. The Hall–Kier alpha value is -1.91. The molecule has 0 N–H and O–H groups in total. The van der Waals surface area contributed by atoms with Crippen molar-refractivity contribution in [1.82, 2.24) is 4.90 Å². The molecular formula is C15H19FN2O2. The Morgan fingerprint density at radius 1 is 1.40 bits per heavy atom. The first-order valence-corrected chi connectivity index (χ1v) is 6.84. The summed E-state index contributed by atoms with van der Waals surface area (Å²) in [5.41, 5.74) is 0.727. The highest BCUT2D eigenvalue weighted by molar-refractivity contribution is 5.79. The molecule has 1 aromatic carbocycles. The SMILES string of the molecule is CC1CCN(C(=O)CO/N=C/c2ccc(F)cc2)CC1. The van der Waals surface area contributed by atoms with Crippen molar-refractivity contribution in [2.45, 2.75) is 19.8 Å². The number of nitrogens with zero attached hydrogens (tertiary/aromatic N) is 2. The van der Waals surface area contributed by atoms with E-state index in [-0.39, 0.29) is 18.3 Å². The van der Waals surface area contributed by atoms with Gasteiger partial charge < -0.3 is 9.74 Å². The van der Waals surface area contributed by atoms with E-state index in [1.807, 2.05) is 4.90 Å². The van der Waals surface area contributed by atoms with Crippen LogP contribution >= 0.6 is 0 Å². The van der Waals surface area contributed by atoms with Gasteiger partial charge >= 0.3 is 0 Å². The summed E-state index contributed by atoms with van der Waals surface area (Å²) in [5.74, 6) is 0.363. The van der Waals surface area contributed by atoms with Gasteiger partial charge in [-0.05, 0) is 36.5 Å². The number of carbonyl (C=O) groups excluding carboxylic acids is 1. The molecule has 0 aliphatic carbocycles. The monoisotopic (exact) mass is 278 g/mol. The van der Waals surface area contributed by atoms with Crippen molar-refractivity contribution in [2.24, 2.45) is 11.1 Å². The second kappa shape index (κ2) is 7.03. The quantitative estimate of drug-likeness (QED) is 0.627. The summed E-state index contributed by atoms with van der Waals surface area (Å²) in [6.45, 7) is 3.74. The molecule has 4 nitrogen and oxygen atoms in total. The highest BCUT2D eigenvalue weighted by atomic mass is 19.1. The van der Waals surface area contributed by atoms with E-state index in [0.717, 1.165) is 31.5 Å². The maximum atomic E-state index is 12.7. The highest BCUT2D eigenvalue weighted by Crippen LogP contribution is 2.15. The summed E-state index contributed by atoms with van der Waals surface area (Å²) in [4.78, 5) is 18.6. The van der Waals surface area contributed by atoms with Gasteiger partial charge in [-0.25, -0.2) is 4.39 Å². The number of amides is 1. The second-order valence-corrected chi connectivity index (χ2v) is 5.12. The molecule has 0 radical (unpaired) electrons. The average molecular weight is 278 g/mol. The lowest BCUT2D eigenvalue weighted by molar-refractivity contribution is -0.137. The fourth-order valence-corrected chi connectivity index (χ4v) is 2.09. The van der Waals surface area contributed by atoms with Crippen molar-refractivity contribution < 1.29 is 14.0 Å². The fourth-order valence-electron chi connectivity index (χ4n) is 2.09. The van der Waals surface area contributed by atoms with Gasteiger partial charge in [-0.15, -0.1) is 0 Å². The van der Waals surface area contributed by atoms with Crippen molar-refractivity contribution in [3.8, 4) is 0 Å². The first kappa shape index (κ1) is 14.5. The molecule has 20 heavy (non-hydrogen) atoms. The molecule has 1 amide bonds. The van der Waals surface area contributed by atoms with Crippen LogP contribution in [0.5, 0.6) is 0 Å². The normalized spacial score (nSPS) is 16.6. The molecule has 0 aromatic heterocycles. The van der Waals surface area contributed by atoms with E-state index in [0.29, 0.717) is 5.92 Å². The molecule has 1 aliphatic heterocycles. The zero-order valence-corrected chi connectivity index (χ0v) is 11.6. The number of likely N-dealkylation sites (tertiary alicyclic amines) is 1. The van der Waals surface area contributed by atoms with Crippen LogP contribution in [0.25, 0.3) is 0 Å². The van der Waals surface area contributed by atoms with Crippen LogP contribution in [0.3, 0.4) is 0 Å². The van der Waals surface area contributed by atoms with Gasteiger partial charge in [0.2, 0.25) is 0 Å². The van der Waals surface area contributed by atoms with Crippen LogP contribution in [0.4, 0.5) is 4.39 Å². The molecule has 1 heterocycles. The molecule has 0 atom stereocenters. The number of hydrogen-bond donors (Lipinski definition) is 0. The van der Waals surface area contributed by atoms with Crippen molar-refractivity contribution in [1.29, 1.82) is 0 Å². The highest BCUT2D eigenvalue weighted by Gasteiger charge is 2.20. The number of carbonyl (C=O) groups is 1. The minimum absolute atomic E-state index is 0.0341. The maximum absolute atomic E-state index is 12.7. The summed E-state index contributed by atoms with van der Waals surface area (Å²) in [5, 5.41) is 3.73. The number of halogens is 1. The Morgan fingerprint density at radius 3 is 2.70 bits per heavy atom. The molecule has 1 fully saturated rings. The van der Waals surface area contributed by atoms with Gasteiger partial charge in [0, 0.05) is 13.1 Å².